The number of fused-ring (bicyclic) bond motifs is 1. The van der Waals surface area contributed by atoms with Crippen LogP contribution in [0.15, 0.2) is 30.3 Å². The Morgan fingerprint density at radius 3 is 2.17 bits per heavy atom. The monoisotopic (exact) mass is 320 g/mol. The fourth-order valence-corrected chi connectivity index (χ4v) is 2.40. The van der Waals surface area contributed by atoms with Crippen LogP contribution in [0.25, 0.3) is 0 Å². The molecule has 1 heterocycles. The maximum Gasteiger partial charge on any atom is 0.271 e. The number of carbonyl (C=O) groups is 1. The van der Waals surface area contributed by atoms with Crippen LogP contribution < -0.4 is 4.74 Å². The van der Waals surface area contributed by atoms with E-state index in [4.69, 9.17) is 4.74 Å². The zero-order chi connectivity index (χ0) is 16.9. The van der Waals surface area contributed by atoms with Gasteiger partial charge >= 0.3 is 0 Å². The third-order valence-electron chi connectivity index (χ3n) is 3.59. The lowest BCUT2D eigenvalue weighted by Gasteiger charge is -2.35. The molecule has 0 fully saturated rings. The average Bonchev–Trinajstić information content (AvgIpc) is 2.50. The quantitative estimate of drug-likeness (QED) is 0.329. The first-order valence-electron chi connectivity index (χ1n) is 6.46. The maximum atomic E-state index is 12.3. The average molecular weight is 320 g/mol. The van der Waals surface area contributed by atoms with E-state index in [9.17, 15) is 35.4 Å². The van der Waals surface area contributed by atoms with Crippen molar-refractivity contribution in [2.45, 2.75) is 11.9 Å². The Bertz CT molecular complexity index is 794. The summed E-state index contributed by atoms with van der Waals surface area (Å²) in [6, 6.07) is 6.05. The largest absolute Gasteiger partial charge is 0.508 e. The van der Waals surface area contributed by atoms with E-state index in [0.29, 0.717) is 0 Å². The Labute approximate surface area is 129 Å². The van der Waals surface area contributed by atoms with Gasteiger partial charge in [-0.1, -0.05) is 12.1 Å². The topological polar surface area (TPSA) is 148 Å². The van der Waals surface area contributed by atoms with Crippen molar-refractivity contribution >= 4 is 5.78 Å². The number of hydrogen-bond donors (Lipinski definition) is 6. The molecule has 1 aliphatic heterocycles. The Hall–Kier alpha value is -2.97. The molecule has 23 heavy (non-hydrogen) atoms. The van der Waals surface area contributed by atoms with Crippen LogP contribution in [0.4, 0.5) is 0 Å². The molecule has 1 aliphatic rings. The summed E-state index contributed by atoms with van der Waals surface area (Å²) in [6.07, 6.45) is -1.56. The van der Waals surface area contributed by atoms with Gasteiger partial charge in [0, 0.05) is 6.07 Å². The number of hydrogen-bond acceptors (Lipinski definition) is 8. The lowest BCUT2D eigenvalue weighted by molar-refractivity contribution is -0.186. The molecule has 0 spiro atoms. The Kier molecular flexibility index (Phi) is 3.10. The van der Waals surface area contributed by atoms with Crippen LogP contribution in [0.3, 0.4) is 0 Å². The molecular weight excluding hydrogens is 308 g/mol. The van der Waals surface area contributed by atoms with E-state index in [1.165, 1.54) is 24.3 Å². The minimum atomic E-state index is -3.02. The summed E-state index contributed by atoms with van der Waals surface area (Å²) in [5, 5.41) is 58.2. The van der Waals surface area contributed by atoms with Crippen LogP contribution in [0, 0.1) is 0 Å². The zero-order valence-corrected chi connectivity index (χ0v) is 11.5. The summed E-state index contributed by atoms with van der Waals surface area (Å²) in [5.41, 5.74) is -0.487. The normalized spacial score (nSPS) is 19.0. The van der Waals surface area contributed by atoms with Gasteiger partial charge in [0.25, 0.3) is 5.79 Å². The fraction of sp³-hybridized carbons (Fsp3) is 0.133. The first-order valence-corrected chi connectivity index (χ1v) is 6.46. The van der Waals surface area contributed by atoms with Gasteiger partial charge in [0.2, 0.25) is 11.5 Å². The van der Waals surface area contributed by atoms with Crippen molar-refractivity contribution in [2.75, 3.05) is 0 Å². The third-order valence-corrected chi connectivity index (χ3v) is 3.59. The van der Waals surface area contributed by atoms with E-state index in [0.717, 1.165) is 6.07 Å². The van der Waals surface area contributed by atoms with Crippen molar-refractivity contribution < 1.29 is 40.2 Å². The molecule has 2 aromatic carbocycles. The number of phenols is 4. The molecule has 0 saturated carbocycles. The standard InChI is InChI=1S/C15H12O8/c16-7-3-1-6(2-4-7)14-15(21,22)13(20)10-9(23-14)5-8(17)11(18)12(10)19/h1-5,14,16-19,21-22H. The first kappa shape index (κ1) is 14.9. The Balaban J connectivity index is 2.17. The van der Waals surface area contributed by atoms with Crippen LogP contribution in [-0.2, 0) is 0 Å². The van der Waals surface area contributed by atoms with Crippen molar-refractivity contribution in [1.82, 2.24) is 0 Å². The molecule has 1 unspecified atom stereocenters. The summed E-state index contributed by atoms with van der Waals surface area (Å²) in [6.45, 7) is 0. The molecule has 120 valence electrons. The molecule has 3 rings (SSSR count). The van der Waals surface area contributed by atoms with Crippen molar-refractivity contribution in [3.8, 4) is 28.7 Å². The highest BCUT2D eigenvalue weighted by Gasteiger charge is 2.52. The van der Waals surface area contributed by atoms with E-state index >= 15 is 0 Å². The molecule has 0 radical (unpaired) electrons. The molecule has 1 atom stereocenters. The van der Waals surface area contributed by atoms with Gasteiger partial charge < -0.3 is 35.4 Å². The number of ketones is 1. The number of aromatic hydroxyl groups is 4. The van der Waals surface area contributed by atoms with Crippen LogP contribution in [-0.4, -0.2) is 42.2 Å². The molecule has 0 aliphatic carbocycles. The summed E-state index contributed by atoms with van der Waals surface area (Å²) >= 11 is 0. The van der Waals surface area contributed by atoms with Crippen molar-refractivity contribution in [3.05, 3.63) is 41.5 Å². The first-order chi connectivity index (χ1) is 10.7. The summed E-state index contributed by atoms with van der Waals surface area (Å²) in [5.74, 6) is -7.43. The van der Waals surface area contributed by atoms with Gasteiger partial charge in [0.1, 0.15) is 17.1 Å². The van der Waals surface area contributed by atoms with Gasteiger partial charge in [-0.25, -0.2) is 0 Å². The molecule has 0 bridgehead atoms. The molecule has 0 aromatic heterocycles. The number of aliphatic hydroxyl groups is 2. The number of ether oxygens (including phenoxy) is 1. The predicted octanol–water partition coefficient (Wildman–Crippen LogP) is 0.506. The number of benzene rings is 2. The highest BCUT2D eigenvalue weighted by Crippen LogP contribution is 2.49. The van der Waals surface area contributed by atoms with Gasteiger partial charge in [0.15, 0.2) is 17.6 Å². The van der Waals surface area contributed by atoms with Crippen LogP contribution >= 0.6 is 0 Å². The Morgan fingerprint density at radius 2 is 1.57 bits per heavy atom. The van der Waals surface area contributed by atoms with Gasteiger partial charge in [-0.15, -0.1) is 0 Å². The van der Waals surface area contributed by atoms with Crippen LogP contribution in [0.2, 0.25) is 0 Å². The highest BCUT2D eigenvalue weighted by molar-refractivity contribution is 6.08. The number of phenolic OH excluding ortho intramolecular Hbond substituents is 4. The lowest BCUT2D eigenvalue weighted by Crippen LogP contribution is -2.49. The van der Waals surface area contributed by atoms with Gasteiger partial charge in [-0.2, -0.15) is 0 Å². The number of carbonyl (C=O) groups excluding carboxylic acids is 1. The minimum Gasteiger partial charge on any atom is -0.508 e. The molecule has 0 amide bonds. The molecule has 6 N–H and O–H groups in total. The smallest absolute Gasteiger partial charge is 0.271 e. The molecule has 2 aromatic rings. The number of rotatable bonds is 1. The van der Waals surface area contributed by atoms with E-state index in [1.54, 1.807) is 0 Å². The van der Waals surface area contributed by atoms with E-state index in [-0.39, 0.29) is 17.1 Å². The molecule has 8 heteroatoms. The van der Waals surface area contributed by atoms with Gasteiger partial charge in [-0.3, -0.25) is 4.79 Å². The van der Waals surface area contributed by atoms with E-state index in [2.05, 4.69) is 0 Å². The number of Topliss-reactive ketones (excluding diaryl/α,β-unsaturated/α-hetero) is 1. The highest BCUT2D eigenvalue weighted by atomic mass is 16.6. The SMILES string of the molecule is O=C1c2c(cc(O)c(O)c2O)OC(c2ccc(O)cc2)C1(O)O. The summed E-state index contributed by atoms with van der Waals surface area (Å²) < 4.78 is 5.33. The van der Waals surface area contributed by atoms with Gasteiger partial charge in [0.05, 0.1) is 0 Å². The molecule has 0 saturated heterocycles. The fourth-order valence-electron chi connectivity index (χ4n) is 2.40. The van der Waals surface area contributed by atoms with Crippen molar-refractivity contribution in [1.29, 1.82) is 0 Å². The molecular formula is C15H12O8. The minimum absolute atomic E-state index is 0.0713. The lowest BCUT2D eigenvalue weighted by atomic mass is 9.89. The van der Waals surface area contributed by atoms with E-state index < -0.39 is 40.5 Å². The summed E-state index contributed by atoms with van der Waals surface area (Å²) in [7, 11) is 0. The second-order valence-corrected chi connectivity index (χ2v) is 5.11. The third kappa shape index (κ3) is 2.12. The van der Waals surface area contributed by atoms with E-state index in [1.807, 2.05) is 0 Å². The summed E-state index contributed by atoms with van der Waals surface area (Å²) in [4.78, 5) is 12.3. The van der Waals surface area contributed by atoms with Gasteiger partial charge in [-0.05, 0) is 17.7 Å². The van der Waals surface area contributed by atoms with Crippen LogP contribution in [0.5, 0.6) is 28.7 Å². The predicted molar refractivity (Wildman–Crippen MR) is 74.4 cm³/mol. The molecule has 8 nitrogen and oxygen atoms in total. The van der Waals surface area contributed by atoms with Crippen LogP contribution in [0.1, 0.15) is 22.0 Å². The van der Waals surface area contributed by atoms with Crippen molar-refractivity contribution in [2.24, 2.45) is 0 Å². The second-order valence-electron chi connectivity index (χ2n) is 5.11. The van der Waals surface area contributed by atoms with Crippen molar-refractivity contribution in [3.63, 3.8) is 0 Å². The maximum absolute atomic E-state index is 12.3. The second kappa shape index (κ2) is 4.77. The Morgan fingerprint density at radius 1 is 0.957 bits per heavy atom. The zero-order valence-electron chi connectivity index (χ0n) is 11.5.